The Morgan fingerprint density at radius 1 is 0.778 bits per heavy atom. The summed E-state index contributed by atoms with van der Waals surface area (Å²) in [6, 6.07) is 0. The van der Waals surface area contributed by atoms with Gasteiger partial charge in [0.05, 0.1) is 0 Å². The fourth-order valence-electron chi connectivity index (χ4n) is 0. The molecule has 0 fully saturated rings. The summed E-state index contributed by atoms with van der Waals surface area (Å²) in [7, 11) is 0. The molecule has 62 valence electrons. The summed E-state index contributed by atoms with van der Waals surface area (Å²) in [6.07, 6.45) is 0. The molecular formula is C5H16I3V. The van der Waals surface area contributed by atoms with E-state index in [-0.39, 0.29) is 12.3 Å². The first kappa shape index (κ1) is 22.6. The van der Waals surface area contributed by atoms with Crippen molar-refractivity contribution in [3.05, 3.63) is 0 Å². The Labute approximate surface area is 98.0 Å². The summed E-state index contributed by atoms with van der Waals surface area (Å²) in [5.74, 6) is 0. The van der Waals surface area contributed by atoms with Crippen molar-refractivity contribution in [3.63, 3.8) is 0 Å². The normalized spacial score (nSPS) is 5.33. The van der Waals surface area contributed by atoms with Crippen molar-refractivity contribution in [1.29, 1.82) is 0 Å². The SMILES string of the molecule is C.CC.CC.[I][V]([I])[I]. The van der Waals surface area contributed by atoms with E-state index in [1.54, 1.807) is 0 Å². The van der Waals surface area contributed by atoms with Crippen LogP contribution in [0.15, 0.2) is 0 Å². The summed E-state index contributed by atoms with van der Waals surface area (Å²) in [5, 5.41) is 0. The van der Waals surface area contributed by atoms with Gasteiger partial charge >= 0.3 is 64.9 Å². The summed E-state index contributed by atoms with van der Waals surface area (Å²) in [5.41, 5.74) is 0. The van der Waals surface area contributed by atoms with E-state index >= 15 is 0 Å². The standard InChI is InChI=1S/2C2H6.CH4.3HI.V/c2*1-2;;;;;/h2*1-2H3;1H4;3*1H;/q;;;;;;+3/p-3. The van der Waals surface area contributed by atoms with Crippen molar-refractivity contribution in [2.24, 2.45) is 0 Å². The van der Waals surface area contributed by atoms with Gasteiger partial charge in [0.25, 0.3) is 0 Å². The zero-order valence-electron chi connectivity index (χ0n) is 5.58. The minimum atomic E-state index is -0.278. The van der Waals surface area contributed by atoms with Crippen molar-refractivity contribution < 1.29 is 4.92 Å². The van der Waals surface area contributed by atoms with Crippen LogP contribution >= 0.6 is 59.9 Å². The Balaban J connectivity index is -0.0000000221. The van der Waals surface area contributed by atoms with Crippen molar-refractivity contribution in [3.8, 4) is 0 Å². The first-order valence-corrected chi connectivity index (χ1v) is 16.0. The number of halogens is 3. The molecule has 0 rings (SSSR count). The molecule has 9 heavy (non-hydrogen) atoms. The van der Waals surface area contributed by atoms with Crippen LogP contribution in [0.25, 0.3) is 0 Å². The molecule has 0 N–H and O–H groups in total. The number of rotatable bonds is 0. The molecule has 0 amide bonds. The van der Waals surface area contributed by atoms with Crippen LogP contribution in [0.3, 0.4) is 0 Å². The van der Waals surface area contributed by atoms with E-state index in [1.165, 1.54) is 0 Å². The Morgan fingerprint density at radius 2 is 0.778 bits per heavy atom. The Morgan fingerprint density at radius 3 is 0.778 bits per heavy atom. The van der Waals surface area contributed by atoms with Gasteiger partial charge in [0.1, 0.15) is 0 Å². The minimum absolute atomic E-state index is 0. The predicted octanol–water partition coefficient (Wildman–Crippen LogP) is 5.34. The Bertz CT molecular complexity index is 16.9. The number of hydrogen-bond donors (Lipinski definition) is 0. The van der Waals surface area contributed by atoms with Crippen LogP contribution in [-0.2, 0) is 4.92 Å². The van der Waals surface area contributed by atoms with E-state index in [0.717, 1.165) is 0 Å². The summed E-state index contributed by atoms with van der Waals surface area (Å²) < 4.78 is 0. The van der Waals surface area contributed by atoms with Crippen molar-refractivity contribution in [1.82, 2.24) is 0 Å². The Kier molecular flexibility index (Phi) is 77.6. The van der Waals surface area contributed by atoms with Gasteiger partial charge in [-0.2, -0.15) is 0 Å². The average Bonchev–Trinajstić information content (AvgIpc) is 1.75. The third kappa shape index (κ3) is 108. The monoisotopic (exact) mass is 508 g/mol. The molecule has 0 saturated carbocycles. The maximum atomic E-state index is 2.46. The van der Waals surface area contributed by atoms with E-state index < -0.39 is 0 Å². The molecule has 0 unspecified atom stereocenters. The molecule has 0 heterocycles. The van der Waals surface area contributed by atoms with Gasteiger partial charge in [0.15, 0.2) is 0 Å². The summed E-state index contributed by atoms with van der Waals surface area (Å²) in [6.45, 7) is 8.00. The maximum absolute atomic E-state index is 2.46. The third-order valence-electron chi connectivity index (χ3n) is 0. The number of hydrogen-bond acceptors (Lipinski definition) is 0. The quantitative estimate of drug-likeness (QED) is 0.388. The first-order chi connectivity index (χ1) is 3.73. The van der Waals surface area contributed by atoms with Gasteiger partial charge in [0, 0.05) is 0 Å². The van der Waals surface area contributed by atoms with E-state index in [0.29, 0.717) is 0 Å². The second kappa shape index (κ2) is 30.9. The fraction of sp³-hybridized carbons (Fsp3) is 1.00. The van der Waals surface area contributed by atoms with Crippen molar-refractivity contribution in [2.45, 2.75) is 35.1 Å². The van der Waals surface area contributed by atoms with Crippen molar-refractivity contribution in [2.75, 3.05) is 0 Å². The molecular weight excluding hydrogens is 492 g/mol. The third-order valence-corrected chi connectivity index (χ3v) is 0. The van der Waals surface area contributed by atoms with E-state index in [9.17, 15) is 0 Å². The topological polar surface area (TPSA) is 0 Å². The van der Waals surface area contributed by atoms with Crippen LogP contribution in [0.4, 0.5) is 0 Å². The molecule has 0 nitrogen and oxygen atoms in total. The molecule has 0 aromatic heterocycles. The zero-order valence-corrected chi connectivity index (χ0v) is 13.5. The average molecular weight is 508 g/mol. The van der Waals surface area contributed by atoms with Gasteiger partial charge in [-0.3, -0.25) is 0 Å². The van der Waals surface area contributed by atoms with Crippen LogP contribution in [0.2, 0.25) is 0 Å². The second-order valence-electron chi connectivity index (χ2n) is 0.192. The van der Waals surface area contributed by atoms with Gasteiger partial charge in [-0.25, -0.2) is 0 Å². The second-order valence-corrected chi connectivity index (χ2v) is 35.6. The molecule has 0 bridgehead atoms. The molecule has 0 aliphatic carbocycles. The van der Waals surface area contributed by atoms with Crippen LogP contribution in [0.5, 0.6) is 0 Å². The van der Waals surface area contributed by atoms with Crippen LogP contribution in [-0.4, -0.2) is 0 Å². The van der Waals surface area contributed by atoms with Crippen molar-refractivity contribution >= 4 is 59.9 Å². The molecule has 0 atom stereocenters. The van der Waals surface area contributed by atoms with Gasteiger partial charge < -0.3 is 0 Å². The van der Waals surface area contributed by atoms with Crippen LogP contribution in [0, 0.1) is 0 Å². The van der Waals surface area contributed by atoms with Gasteiger partial charge in [-0.15, -0.1) is 0 Å². The van der Waals surface area contributed by atoms with E-state index in [4.69, 9.17) is 0 Å². The van der Waals surface area contributed by atoms with Crippen LogP contribution in [0.1, 0.15) is 35.1 Å². The van der Waals surface area contributed by atoms with Gasteiger partial charge in [0.2, 0.25) is 0 Å². The molecule has 0 saturated heterocycles. The molecule has 0 aromatic carbocycles. The van der Waals surface area contributed by atoms with Gasteiger partial charge in [-0.1, -0.05) is 35.1 Å². The molecule has 4 heteroatoms. The zero-order chi connectivity index (χ0) is 7.58. The Hall–Kier alpha value is 2.77. The fourth-order valence-corrected chi connectivity index (χ4v) is 0. The summed E-state index contributed by atoms with van der Waals surface area (Å²) >= 11 is 7.39. The molecule has 0 spiro atoms. The molecule has 0 aliphatic rings. The summed E-state index contributed by atoms with van der Waals surface area (Å²) in [4.78, 5) is -0.278. The predicted molar refractivity (Wildman–Crippen MR) is 71.5 cm³/mol. The molecule has 0 aliphatic heterocycles. The van der Waals surface area contributed by atoms with E-state index in [2.05, 4.69) is 59.9 Å². The van der Waals surface area contributed by atoms with E-state index in [1.807, 2.05) is 27.7 Å². The first-order valence-electron chi connectivity index (χ1n) is 2.51. The van der Waals surface area contributed by atoms with Crippen LogP contribution < -0.4 is 0 Å². The molecule has 0 radical (unpaired) electrons. The molecule has 0 aromatic rings. The van der Waals surface area contributed by atoms with Gasteiger partial charge in [-0.05, 0) is 0 Å².